The van der Waals surface area contributed by atoms with Crippen LogP contribution in [0.25, 0.3) is 0 Å². The lowest BCUT2D eigenvalue weighted by molar-refractivity contribution is -0.154. The molecule has 2 rings (SSSR count). The number of nitrogens with zero attached hydrogens (tertiary/aromatic N) is 2. The average molecular weight is 464 g/mol. The quantitative estimate of drug-likeness (QED) is 0.605. The summed E-state index contributed by atoms with van der Waals surface area (Å²) in [6.07, 6.45) is -9.47. The van der Waals surface area contributed by atoms with E-state index in [-0.39, 0.29) is 32.1 Å². The summed E-state index contributed by atoms with van der Waals surface area (Å²) in [6, 6.07) is 2.37. The van der Waals surface area contributed by atoms with Gasteiger partial charge in [0.15, 0.2) is 13.2 Å². The van der Waals surface area contributed by atoms with E-state index in [1.807, 2.05) is 0 Å². The van der Waals surface area contributed by atoms with Gasteiger partial charge >= 0.3 is 12.4 Å². The van der Waals surface area contributed by atoms with Crippen molar-refractivity contribution in [2.75, 3.05) is 39.4 Å². The van der Waals surface area contributed by atoms with Gasteiger partial charge in [-0.15, -0.1) is 0 Å². The van der Waals surface area contributed by atoms with Gasteiger partial charge in [0.1, 0.15) is 16.4 Å². The second kappa shape index (κ2) is 8.88. The second-order valence-electron chi connectivity index (χ2n) is 6.33. The Morgan fingerprint density at radius 2 is 1.50 bits per heavy atom. The lowest BCUT2D eigenvalue weighted by Gasteiger charge is -2.33. The first-order valence-corrected chi connectivity index (χ1v) is 9.92. The summed E-state index contributed by atoms with van der Waals surface area (Å²) in [7, 11) is -4.44. The fourth-order valence-corrected chi connectivity index (χ4v) is 4.17. The highest BCUT2D eigenvalue weighted by Crippen LogP contribution is 2.33. The molecule has 170 valence electrons. The van der Waals surface area contributed by atoms with Crippen LogP contribution in [0.5, 0.6) is 11.5 Å². The summed E-state index contributed by atoms with van der Waals surface area (Å²) in [4.78, 5) is 12.0. The minimum Gasteiger partial charge on any atom is -0.484 e. The third kappa shape index (κ3) is 6.65. The predicted molar refractivity (Wildman–Crippen MR) is 90.6 cm³/mol. The van der Waals surface area contributed by atoms with Gasteiger partial charge in [0.25, 0.3) is 0 Å². The topological polar surface area (TPSA) is 76.2 Å². The Labute approximate surface area is 168 Å². The zero-order chi connectivity index (χ0) is 22.7. The van der Waals surface area contributed by atoms with Gasteiger partial charge in [-0.25, -0.2) is 8.42 Å². The Kier molecular flexibility index (Phi) is 7.12. The summed E-state index contributed by atoms with van der Waals surface area (Å²) in [5, 5.41) is 0. The molecule has 0 radical (unpaired) electrons. The van der Waals surface area contributed by atoms with Gasteiger partial charge in [-0.3, -0.25) is 4.79 Å². The van der Waals surface area contributed by atoms with E-state index in [1.165, 1.54) is 11.8 Å². The summed E-state index contributed by atoms with van der Waals surface area (Å²) in [5.41, 5.74) is 0. The molecule has 0 aliphatic carbocycles. The molecule has 1 amide bonds. The molecule has 0 aromatic heterocycles. The molecule has 30 heavy (non-hydrogen) atoms. The molecule has 7 nitrogen and oxygen atoms in total. The van der Waals surface area contributed by atoms with Crippen LogP contribution in [0.3, 0.4) is 0 Å². The van der Waals surface area contributed by atoms with Crippen LogP contribution in [0.15, 0.2) is 23.1 Å². The minimum absolute atomic E-state index is 0.0531. The van der Waals surface area contributed by atoms with Gasteiger partial charge in [0.2, 0.25) is 15.9 Å². The van der Waals surface area contributed by atoms with Gasteiger partial charge in [-0.2, -0.15) is 30.6 Å². The normalized spacial score (nSPS) is 16.4. The fourth-order valence-electron chi connectivity index (χ4n) is 2.61. The van der Waals surface area contributed by atoms with Gasteiger partial charge in [-0.05, 0) is 12.1 Å². The van der Waals surface area contributed by atoms with Crippen molar-refractivity contribution >= 4 is 15.9 Å². The van der Waals surface area contributed by atoms with Crippen molar-refractivity contribution in [3.05, 3.63) is 18.2 Å². The number of hydrogen-bond donors (Lipinski definition) is 0. The van der Waals surface area contributed by atoms with Gasteiger partial charge in [0, 0.05) is 39.2 Å². The molecule has 1 heterocycles. The summed E-state index contributed by atoms with van der Waals surface area (Å²) in [6.45, 7) is -2.39. The van der Waals surface area contributed by atoms with E-state index in [1.54, 1.807) is 0 Å². The predicted octanol–water partition coefficient (Wildman–Crippen LogP) is 2.42. The SMILES string of the molecule is CC(=O)N1CCN(S(=O)(=O)c2cc(OCC(F)(F)F)ccc2OCC(F)(F)F)CC1. The van der Waals surface area contributed by atoms with Crippen LogP contribution in [0, 0.1) is 0 Å². The maximum atomic E-state index is 12.9. The number of carbonyl (C=O) groups is 1. The van der Waals surface area contributed by atoms with Crippen LogP contribution in [0.2, 0.25) is 0 Å². The molecule has 0 atom stereocenters. The Morgan fingerprint density at radius 1 is 0.967 bits per heavy atom. The van der Waals surface area contributed by atoms with Crippen LogP contribution in [-0.2, 0) is 14.8 Å². The smallest absolute Gasteiger partial charge is 0.422 e. The van der Waals surface area contributed by atoms with Crippen LogP contribution < -0.4 is 9.47 Å². The number of alkyl halides is 6. The van der Waals surface area contributed by atoms with Crippen molar-refractivity contribution in [2.24, 2.45) is 0 Å². The maximum Gasteiger partial charge on any atom is 0.422 e. The molecule has 1 saturated heterocycles. The molecule has 0 spiro atoms. The highest BCUT2D eigenvalue weighted by Gasteiger charge is 2.35. The molecule has 0 unspecified atom stereocenters. The number of carbonyl (C=O) groups excluding carboxylic acids is 1. The van der Waals surface area contributed by atoms with E-state index in [4.69, 9.17) is 0 Å². The number of benzene rings is 1. The van der Waals surface area contributed by atoms with Gasteiger partial charge < -0.3 is 14.4 Å². The highest BCUT2D eigenvalue weighted by molar-refractivity contribution is 7.89. The lowest BCUT2D eigenvalue weighted by atomic mass is 10.3. The first-order chi connectivity index (χ1) is 13.7. The molecule has 1 aliphatic heterocycles. The van der Waals surface area contributed by atoms with E-state index in [2.05, 4.69) is 9.47 Å². The minimum atomic E-state index is -4.76. The van der Waals surface area contributed by atoms with Crippen LogP contribution >= 0.6 is 0 Å². The second-order valence-corrected chi connectivity index (χ2v) is 8.23. The molecule has 1 aromatic carbocycles. The first-order valence-electron chi connectivity index (χ1n) is 8.48. The third-order valence-corrected chi connectivity index (χ3v) is 5.93. The standard InChI is InChI=1S/C16H18F6N2O5S/c1-11(25)23-4-6-24(7-5-23)30(26,27)14-8-12(28-9-15(17,18)19)2-3-13(14)29-10-16(20,21)22/h2-3,8H,4-7,9-10H2,1H3. The molecule has 0 saturated carbocycles. The largest absolute Gasteiger partial charge is 0.484 e. The van der Waals surface area contributed by atoms with Crippen molar-refractivity contribution in [1.29, 1.82) is 0 Å². The maximum absolute atomic E-state index is 12.9. The number of halogens is 6. The van der Waals surface area contributed by atoms with Crippen LogP contribution in [-0.4, -0.2) is 75.3 Å². The fraction of sp³-hybridized carbons (Fsp3) is 0.562. The number of hydrogen-bond acceptors (Lipinski definition) is 5. The van der Waals surface area contributed by atoms with Crippen molar-refractivity contribution in [3.8, 4) is 11.5 Å². The molecular weight excluding hydrogens is 446 g/mol. The molecule has 1 aromatic rings. The number of piperazine rings is 1. The van der Waals surface area contributed by atoms with Crippen molar-refractivity contribution in [1.82, 2.24) is 9.21 Å². The monoisotopic (exact) mass is 464 g/mol. The van der Waals surface area contributed by atoms with E-state index in [0.717, 1.165) is 16.4 Å². The van der Waals surface area contributed by atoms with Crippen molar-refractivity contribution in [3.63, 3.8) is 0 Å². The average Bonchev–Trinajstić information content (AvgIpc) is 2.63. The Hall–Kier alpha value is -2.22. The highest BCUT2D eigenvalue weighted by atomic mass is 32.2. The summed E-state index contributed by atoms with van der Waals surface area (Å²) < 4.78 is 110. The van der Waals surface area contributed by atoms with Crippen molar-refractivity contribution in [2.45, 2.75) is 24.2 Å². The summed E-state index contributed by atoms with van der Waals surface area (Å²) in [5.74, 6) is -1.46. The number of ether oxygens (including phenoxy) is 2. The van der Waals surface area contributed by atoms with Gasteiger partial charge in [0.05, 0.1) is 0 Å². The third-order valence-electron chi connectivity index (χ3n) is 4.01. The van der Waals surface area contributed by atoms with E-state index < -0.39 is 52.0 Å². The van der Waals surface area contributed by atoms with Crippen LogP contribution in [0.1, 0.15) is 6.92 Å². The Bertz CT molecular complexity index is 864. The zero-order valence-electron chi connectivity index (χ0n) is 15.6. The molecule has 0 N–H and O–H groups in total. The Balaban J connectivity index is 2.33. The first kappa shape index (κ1) is 24.1. The number of amides is 1. The van der Waals surface area contributed by atoms with Crippen molar-refractivity contribution < 1.29 is 49.0 Å². The van der Waals surface area contributed by atoms with Gasteiger partial charge in [-0.1, -0.05) is 0 Å². The van der Waals surface area contributed by atoms with E-state index in [9.17, 15) is 39.6 Å². The van der Waals surface area contributed by atoms with E-state index in [0.29, 0.717) is 6.07 Å². The number of rotatable bonds is 6. The zero-order valence-corrected chi connectivity index (χ0v) is 16.4. The van der Waals surface area contributed by atoms with Crippen LogP contribution in [0.4, 0.5) is 26.3 Å². The molecule has 0 bridgehead atoms. The Morgan fingerprint density at radius 3 is 2.00 bits per heavy atom. The molecule has 14 heteroatoms. The molecular formula is C16H18F6N2O5S. The molecule has 1 fully saturated rings. The lowest BCUT2D eigenvalue weighted by Crippen LogP contribution is -2.50. The molecule has 1 aliphatic rings. The van der Waals surface area contributed by atoms with E-state index >= 15 is 0 Å². The summed E-state index contributed by atoms with van der Waals surface area (Å²) >= 11 is 0. The number of sulfonamides is 1.